The molecule has 0 saturated carbocycles. The predicted molar refractivity (Wildman–Crippen MR) is 453 cm³/mol. The summed E-state index contributed by atoms with van der Waals surface area (Å²) in [7, 11) is 0. The molecule has 9 aromatic rings. The van der Waals surface area contributed by atoms with E-state index < -0.39 is 11.6 Å². The first-order chi connectivity index (χ1) is 48.7. The minimum absolute atomic E-state index is 0.109. The van der Waals surface area contributed by atoms with Gasteiger partial charge >= 0.3 is 0 Å². The number of nitrogens with zero attached hydrogens (tertiary/aromatic N) is 1. The minimum Gasteiger partial charge on any atom is -0.247 e. The quantitative estimate of drug-likeness (QED) is 0.0780. The zero-order valence-electron chi connectivity index (χ0n) is 68.5. The molecule has 0 aliphatic carbocycles. The molecule has 0 bridgehead atoms. The molecule has 0 aliphatic rings. The molecule has 0 radical (unpaired) electrons. The zero-order chi connectivity index (χ0) is 78.9. The van der Waals surface area contributed by atoms with Crippen LogP contribution in [0.25, 0.3) is 0 Å². The van der Waals surface area contributed by atoms with Crippen LogP contribution in [0.5, 0.6) is 0 Å². The highest BCUT2D eigenvalue weighted by Gasteiger charge is 2.13. The Morgan fingerprint density at radius 2 is 0.615 bits per heavy atom. The molecule has 0 spiro atoms. The molecule has 3 atom stereocenters. The fourth-order valence-electron chi connectivity index (χ4n) is 10.7. The molecule has 0 unspecified atom stereocenters. The van der Waals surface area contributed by atoms with Gasteiger partial charge in [-0.3, -0.25) is 0 Å². The Hall–Kier alpha value is -6.02. The fourth-order valence-corrected chi connectivity index (χ4v) is 11.7. The molecule has 0 N–H and O–H groups in total. The molecule has 104 heavy (non-hydrogen) atoms. The van der Waals surface area contributed by atoms with Gasteiger partial charge in [0, 0.05) is 26.0 Å². The van der Waals surface area contributed by atoms with Crippen LogP contribution < -0.4 is 0 Å². The van der Waals surface area contributed by atoms with Crippen molar-refractivity contribution in [2.24, 2.45) is 53.3 Å². The van der Waals surface area contributed by atoms with Crippen molar-refractivity contribution in [2.45, 2.75) is 236 Å². The van der Waals surface area contributed by atoms with Crippen LogP contribution in [0.2, 0.25) is 15.1 Å². The highest BCUT2D eigenvalue weighted by Crippen LogP contribution is 2.28. The molecule has 0 amide bonds. The van der Waals surface area contributed by atoms with Crippen LogP contribution in [0.15, 0.2) is 181 Å². The van der Waals surface area contributed by atoms with Gasteiger partial charge in [-0.25, -0.2) is 22.5 Å². The van der Waals surface area contributed by atoms with Gasteiger partial charge < -0.3 is 0 Å². The summed E-state index contributed by atoms with van der Waals surface area (Å²) in [5, 5.41) is 5.77. The molecule has 1 heterocycles. The molecular formula is C95H132Cl3F4NS. The van der Waals surface area contributed by atoms with Crippen LogP contribution in [-0.4, -0.2) is 4.98 Å². The maximum Gasteiger partial charge on any atom is 0.129 e. The van der Waals surface area contributed by atoms with E-state index in [1.54, 1.807) is 30.4 Å². The van der Waals surface area contributed by atoms with E-state index in [0.717, 1.165) is 69.1 Å². The molecule has 0 saturated heterocycles. The number of halogens is 7. The van der Waals surface area contributed by atoms with E-state index in [4.69, 9.17) is 34.8 Å². The minimum atomic E-state index is -0.441. The number of aromatic nitrogens is 1. The average molecular weight is 1500 g/mol. The molecule has 1 nitrogen and oxygen atoms in total. The van der Waals surface area contributed by atoms with Gasteiger partial charge in [-0.2, -0.15) is 0 Å². The van der Waals surface area contributed by atoms with Gasteiger partial charge in [-0.05, 0) is 255 Å². The number of rotatable bonds is 18. The standard InChI is InChI=1S/C12H17F.2C11H15Cl.C11H15F.2C11H16.C10H13Cl.C10H12F2.C8H13NS/c1-8(2)10(4)11-5-6-12(13)9(3)7-11;2*1-8(2)9(3)10-4-6-11(12)7-5-10;1-8(2)6-10-4-5-11(12)9(3)7-10;2*1-9(2)7-11-6-4-5-10(3)8-11;1-8(2)7-9-3-5-10(11)6-4-9;1-7(2)6-8-9(11)4-3-5-10(8)12;1-6(2)4-8-5-10-7(3)9-8/h5-8,10H,1-4H3;2*4-9H,1-3H3;4-5,7-8H,6H2,1-3H3;2*4-6,8-9H,7H2,1-3H3;3-6,8H,7H2,1-2H3;3-5,7H,6H2,1-2H3;5-6H,4H2,1-3H3/t10-;2*9-;;;;;;/m000....../s1. The van der Waals surface area contributed by atoms with Crippen molar-refractivity contribution in [1.82, 2.24) is 4.98 Å². The lowest BCUT2D eigenvalue weighted by molar-refractivity contribution is 0.525. The zero-order valence-corrected chi connectivity index (χ0v) is 71.6. The molecule has 0 aliphatic heterocycles. The van der Waals surface area contributed by atoms with Gasteiger partial charge in [0.25, 0.3) is 0 Å². The Morgan fingerprint density at radius 1 is 0.308 bits per heavy atom. The second-order valence-electron chi connectivity index (χ2n) is 31.5. The summed E-state index contributed by atoms with van der Waals surface area (Å²) < 4.78 is 51.7. The number of aryl methyl sites for hydroxylation is 5. The number of benzene rings is 8. The van der Waals surface area contributed by atoms with Gasteiger partial charge in [0.05, 0.1) is 10.7 Å². The van der Waals surface area contributed by atoms with Crippen LogP contribution in [-0.2, 0) is 38.5 Å². The van der Waals surface area contributed by atoms with Crippen LogP contribution in [0.1, 0.15) is 241 Å². The van der Waals surface area contributed by atoms with Crippen molar-refractivity contribution in [3.63, 3.8) is 0 Å². The Kier molecular flexibility index (Phi) is 48.1. The van der Waals surface area contributed by atoms with Crippen molar-refractivity contribution in [3.8, 4) is 0 Å². The summed E-state index contributed by atoms with van der Waals surface area (Å²) in [5.41, 5.74) is 15.1. The first-order valence-corrected chi connectivity index (χ1v) is 39.9. The van der Waals surface area contributed by atoms with Gasteiger partial charge in [0.1, 0.15) is 23.3 Å². The van der Waals surface area contributed by atoms with E-state index in [2.05, 4.69) is 248 Å². The summed E-state index contributed by atoms with van der Waals surface area (Å²) in [5.74, 6) is 6.47. The molecule has 8 aromatic carbocycles. The summed E-state index contributed by atoms with van der Waals surface area (Å²) in [4.78, 5) is 4.37. The van der Waals surface area contributed by atoms with E-state index in [-0.39, 0.29) is 23.1 Å². The fraction of sp³-hybridized carbons (Fsp3) is 0.463. The van der Waals surface area contributed by atoms with Crippen LogP contribution >= 0.6 is 46.1 Å². The highest BCUT2D eigenvalue weighted by molar-refractivity contribution is 7.09. The van der Waals surface area contributed by atoms with Crippen LogP contribution in [0.3, 0.4) is 0 Å². The first-order valence-electron chi connectivity index (χ1n) is 37.9. The Labute approximate surface area is 650 Å². The second-order valence-corrected chi connectivity index (χ2v) is 33.9. The third-order valence-corrected chi connectivity index (χ3v) is 18.9. The maximum atomic E-state index is 13.0. The summed E-state index contributed by atoms with van der Waals surface area (Å²) in [6, 6.07) is 56.5. The molecule has 9 heteroatoms. The first kappa shape index (κ1) is 96.0. The lowest BCUT2D eigenvalue weighted by atomic mass is 9.89. The molecule has 572 valence electrons. The number of thiazole rings is 1. The van der Waals surface area contributed by atoms with E-state index in [9.17, 15) is 17.6 Å². The average Bonchev–Trinajstić information content (AvgIpc) is 0.928. The predicted octanol–water partition coefficient (Wildman–Crippen LogP) is 31.2. The monoisotopic (exact) mass is 1500 g/mol. The van der Waals surface area contributed by atoms with E-state index in [1.165, 1.54) is 91.8 Å². The van der Waals surface area contributed by atoms with Crippen molar-refractivity contribution >= 4 is 46.1 Å². The van der Waals surface area contributed by atoms with Crippen molar-refractivity contribution in [3.05, 3.63) is 297 Å². The molecule has 9 rings (SSSR count). The Morgan fingerprint density at radius 3 is 0.942 bits per heavy atom. The third-order valence-electron chi connectivity index (χ3n) is 17.3. The second kappa shape index (κ2) is 52.1. The topological polar surface area (TPSA) is 12.9 Å². The van der Waals surface area contributed by atoms with E-state index in [1.807, 2.05) is 81.4 Å². The third kappa shape index (κ3) is 43.6. The van der Waals surface area contributed by atoms with Crippen molar-refractivity contribution in [1.29, 1.82) is 0 Å². The lowest BCUT2D eigenvalue weighted by Gasteiger charge is -2.16. The van der Waals surface area contributed by atoms with Crippen LogP contribution in [0, 0.1) is 111 Å². The van der Waals surface area contributed by atoms with Crippen molar-refractivity contribution in [2.75, 3.05) is 0 Å². The highest BCUT2D eigenvalue weighted by atomic mass is 35.5. The van der Waals surface area contributed by atoms with Crippen LogP contribution in [0.4, 0.5) is 17.6 Å². The van der Waals surface area contributed by atoms with Gasteiger partial charge in [-0.15, -0.1) is 11.3 Å². The van der Waals surface area contributed by atoms with Gasteiger partial charge in [0.15, 0.2) is 0 Å². The normalized spacial score (nSPS) is 11.6. The smallest absolute Gasteiger partial charge is 0.129 e. The van der Waals surface area contributed by atoms with Crippen molar-refractivity contribution < 1.29 is 17.6 Å². The number of hydrogen-bond acceptors (Lipinski definition) is 2. The Bertz CT molecular complexity index is 3590. The van der Waals surface area contributed by atoms with Gasteiger partial charge in [0.2, 0.25) is 0 Å². The SMILES string of the molecule is CC(C)Cc1c(F)cccc1F.CC(C)Cc1ccc(Cl)cc1.CC(C)[C@H](C)c1ccc(Cl)cc1.CC(C)[C@H](C)c1ccc(Cl)cc1.Cc1cc(CC(C)C)ccc1F.Cc1cc([C@@H](C)C(C)C)ccc1F.Cc1cccc(CC(C)C)c1.Cc1cccc(CC(C)C)c1.Cc1nc(CC(C)C)cs1. The largest absolute Gasteiger partial charge is 0.247 e. The summed E-state index contributed by atoms with van der Waals surface area (Å²) in [6.45, 7) is 56.0. The van der Waals surface area contributed by atoms with Gasteiger partial charge in [-0.1, -0.05) is 307 Å². The lowest BCUT2D eigenvalue weighted by Crippen LogP contribution is -2.02. The molecule has 0 fully saturated rings. The Balaban J connectivity index is 0.000000585. The summed E-state index contributed by atoms with van der Waals surface area (Å²) >= 11 is 19.1. The number of hydrogen-bond donors (Lipinski definition) is 0. The summed E-state index contributed by atoms with van der Waals surface area (Å²) in [6.07, 6.45) is 6.13. The van der Waals surface area contributed by atoms with E-state index >= 15 is 0 Å². The maximum absolute atomic E-state index is 13.0. The van der Waals surface area contributed by atoms with E-state index in [0.29, 0.717) is 47.8 Å². The molecular weight excluding hydrogens is 1370 g/mol. The molecule has 1 aromatic heterocycles.